The van der Waals surface area contributed by atoms with Crippen LogP contribution < -0.4 is 0 Å². The van der Waals surface area contributed by atoms with Crippen LogP contribution in [0.1, 0.15) is 34.9 Å². The van der Waals surface area contributed by atoms with Gasteiger partial charge in [-0.25, -0.2) is 9.48 Å². The van der Waals surface area contributed by atoms with Crippen molar-refractivity contribution < 1.29 is 9.90 Å². The molecule has 2 aromatic rings. The first-order valence-electron chi connectivity index (χ1n) is 5.74. The van der Waals surface area contributed by atoms with Gasteiger partial charge in [-0.1, -0.05) is 11.6 Å². The van der Waals surface area contributed by atoms with Crippen molar-refractivity contribution in [2.75, 3.05) is 0 Å². The zero-order valence-electron chi connectivity index (χ0n) is 9.51. The third-order valence-electron chi connectivity index (χ3n) is 3.02. The topological polar surface area (TPSA) is 55.1 Å². The Morgan fingerprint density at radius 3 is 2.56 bits per heavy atom. The summed E-state index contributed by atoms with van der Waals surface area (Å²) in [7, 11) is 0. The lowest BCUT2D eigenvalue weighted by Crippen LogP contribution is -2.03. The van der Waals surface area contributed by atoms with Crippen molar-refractivity contribution in [2.24, 2.45) is 0 Å². The van der Waals surface area contributed by atoms with E-state index in [1.54, 1.807) is 22.9 Å². The number of nitrogens with zero attached hydrogens (tertiary/aromatic N) is 2. The van der Waals surface area contributed by atoms with Gasteiger partial charge in [0.1, 0.15) is 0 Å². The highest BCUT2D eigenvalue weighted by Gasteiger charge is 2.29. The molecule has 1 saturated carbocycles. The molecule has 3 rings (SSSR count). The highest BCUT2D eigenvalue weighted by atomic mass is 35.5. The first-order chi connectivity index (χ1) is 8.65. The quantitative estimate of drug-likeness (QED) is 0.925. The molecule has 1 aromatic heterocycles. The predicted octanol–water partition coefficient (Wildman–Crippen LogP) is 3.10. The van der Waals surface area contributed by atoms with Crippen LogP contribution in [0, 0.1) is 0 Å². The lowest BCUT2D eigenvalue weighted by atomic mass is 10.2. The molecule has 92 valence electrons. The van der Waals surface area contributed by atoms with Crippen molar-refractivity contribution >= 4 is 17.6 Å². The van der Waals surface area contributed by atoms with E-state index in [0.717, 1.165) is 24.2 Å². The second-order valence-electron chi connectivity index (χ2n) is 4.42. The number of carboxylic acids is 1. The second kappa shape index (κ2) is 4.14. The molecule has 1 heterocycles. The Labute approximate surface area is 109 Å². The summed E-state index contributed by atoms with van der Waals surface area (Å²) < 4.78 is 1.71. The van der Waals surface area contributed by atoms with E-state index in [9.17, 15) is 4.79 Å². The molecule has 0 spiro atoms. The first kappa shape index (κ1) is 11.3. The Bertz CT molecular complexity index is 600. The minimum atomic E-state index is -0.996. The van der Waals surface area contributed by atoms with Crippen molar-refractivity contribution in [3.8, 4) is 5.69 Å². The zero-order valence-corrected chi connectivity index (χ0v) is 10.3. The number of aromatic carboxylic acids is 1. The Kier molecular flexibility index (Phi) is 2.59. The van der Waals surface area contributed by atoms with Crippen molar-refractivity contribution in [2.45, 2.75) is 18.8 Å². The number of hydrogen-bond donors (Lipinski definition) is 1. The van der Waals surface area contributed by atoms with Crippen LogP contribution in [-0.2, 0) is 0 Å². The van der Waals surface area contributed by atoms with E-state index in [-0.39, 0.29) is 5.69 Å². The van der Waals surface area contributed by atoms with Crippen LogP contribution in [0.5, 0.6) is 0 Å². The van der Waals surface area contributed by atoms with E-state index >= 15 is 0 Å². The van der Waals surface area contributed by atoms with Gasteiger partial charge in [0, 0.05) is 16.6 Å². The average molecular weight is 263 g/mol. The van der Waals surface area contributed by atoms with Gasteiger partial charge in [-0.3, -0.25) is 0 Å². The van der Waals surface area contributed by atoms with Gasteiger partial charge in [0.15, 0.2) is 5.69 Å². The molecule has 1 aromatic carbocycles. The maximum absolute atomic E-state index is 11.0. The highest BCUT2D eigenvalue weighted by Crippen LogP contribution is 2.41. The number of benzene rings is 1. The van der Waals surface area contributed by atoms with E-state index in [1.165, 1.54) is 0 Å². The number of rotatable bonds is 3. The van der Waals surface area contributed by atoms with Gasteiger partial charge in [0.05, 0.1) is 5.69 Å². The van der Waals surface area contributed by atoms with Gasteiger partial charge < -0.3 is 5.11 Å². The molecular formula is C13H11ClN2O2. The number of carbonyl (C=O) groups is 1. The molecule has 5 heteroatoms. The van der Waals surface area contributed by atoms with Crippen molar-refractivity contribution in [1.29, 1.82) is 0 Å². The Morgan fingerprint density at radius 2 is 2.00 bits per heavy atom. The number of carboxylic acid groups (broad SMARTS) is 1. The van der Waals surface area contributed by atoms with Crippen LogP contribution in [0.2, 0.25) is 5.02 Å². The molecule has 0 aliphatic heterocycles. The van der Waals surface area contributed by atoms with E-state index in [1.807, 2.05) is 12.1 Å². The third kappa shape index (κ3) is 1.99. The van der Waals surface area contributed by atoms with Gasteiger partial charge >= 0.3 is 5.97 Å². The number of halogens is 1. The molecule has 4 nitrogen and oxygen atoms in total. The molecule has 1 fully saturated rings. The van der Waals surface area contributed by atoms with Crippen LogP contribution in [0.25, 0.3) is 5.69 Å². The fourth-order valence-electron chi connectivity index (χ4n) is 1.96. The molecule has 0 saturated heterocycles. The Hall–Kier alpha value is -1.81. The number of aromatic nitrogens is 2. The summed E-state index contributed by atoms with van der Waals surface area (Å²) in [6.45, 7) is 0. The van der Waals surface area contributed by atoms with Gasteiger partial charge in [0.25, 0.3) is 0 Å². The van der Waals surface area contributed by atoms with Crippen LogP contribution in [-0.4, -0.2) is 20.9 Å². The average Bonchev–Trinajstić information content (AvgIpc) is 3.09. The summed E-state index contributed by atoms with van der Waals surface area (Å²) in [5, 5.41) is 13.8. The van der Waals surface area contributed by atoms with E-state index in [4.69, 9.17) is 16.7 Å². The minimum Gasteiger partial charge on any atom is -0.476 e. The van der Waals surface area contributed by atoms with E-state index in [0.29, 0.717) is 10.9 Å². The molecule has 0 bridgehead atoms. The maximum Gasteiger partial charge on any atom is 0.356 e. The molecule has 0 amide bonds. The molecular weight excluding hydrogens is 252 g/mol. The van der Waals surface area contributed by atoms with Crippen molar-refractivity contribution in [3.05, 3.63) is 46.7 Å². The SMILES string of the molecule is O=C(O)c1cc(C2CC2)n(-c2ccc(Cl)cc2)n1. The van der Waals surface area contributed by atoms with E-state index < -0.39 is 5.97 Å². The maximum atomic E-state index is 11.0. The molecule has 1 N–H and O–H groups in total. The standard InChI is InChI=1S/C13H11ClN2O2/c14-9-3-5-10(6-4-9)16-12(8-1-2-8)7-11(15-16)13(17)18/h3-8H,1-2H2,(H,17,18). The molecule has 1 aliphatic rings. The molecule has 0 atom stereocenters. The van der Waals surface area contributed by atoms with Gasteiger partial charge in [-0.15, -0.1) is 0 Å². The smallest absolute Gasteiger partial charge is 0.356 e. The van der Waals surface area contributed by atoms with Crippen molar-refractivity contribution in [3.63, 3.8) is 0 Å². The summed E-state index contributed by atoms with van der Waals surface area (Å²) in [4.78, 5) is 11.0. The lowest BCUT2D eigenvalue weighted by molar-refractivity contribution is 0.0690. The minimum absolute atomic E-state index is 0.0897. The summed E-state index contributed by atoms with van der Waals surface area (Å²) >= 11 is 5.85. The summed E-state index contributed by atoms with van der Waals surface area (Å²) in [5.74, 6) is -0.564. The number of hydrogen-bond acceptors (Lipinski definition) is 2. The largest absolute Gasteiger partial charge is 0.476 e. The summed E-state index contributed by atoms with van der Waals surface area (Å²) in [5.41, 5.74) is 1.90. The molecule has 0 radical (unpaired) electrons. The van der Waals surface area contributed by atoms with Crippen LogP contribution >= 0.6 is 11.6 Å². The lowest BCUT2D eigenvalue weighted by Gasteiger charge is -2.06. The summed E-state index contributed by atoms with van der Waals surface area (Å²) in [6.07, 6.45) is 2.19. The summed E-state index contributed by atoms with van der Waals surface area (Å²) in [6, 6.07) is 8.89. The molecule has 0 unspecified atom stereocenters. The van der Waals surface area contributed by atoms with Gasteiger partial charge in [-0.05, 0) is 43.2 Å². The van der Waals surface area contributed by atoms with Crippen molar-refractivity contribution in [1.82, 2.24) is 9.78 Å². The zero-order chi connectivity index (χ0) is 12.7. The fraction of sp³-hybridized carbons (Fsp3) is 0.231. The van der Waals surface area contributed by atoms with E-state index in [2.05, 4.69) is 5.10 Å². The van der Waals surface area contributed by atoms with Crippen LogP contribution in [0.4, 0.5) is 0 Å². The van der Waals surface area contributed by atoms with Gasteiger partial charge in [-0.2, -0.15) is 5.10 Å². The van der Waals surface area contributed by atoms with Crippen LogP contribution in [0.3, 0.4) is 0 Å². The molecule has 1 aliphatic carbocycles. The third-order valence-corrected chi connectivity index (χ3v) is 3.27. The first-order valence-corrected chi connectivity index (χ1v) is 6.12. The monoisotopic (exact) mass is 262 g/mol. The Balaban J connectivity index is 2.09. The van der Waals surface area contributed by atoms with Gasteiger partial charge in [0.2, 0.25) is 0 Å². The second-order valence-corrected chi connectivity index (χ2v) is 4.86. The van der Waals surface area contributed by atoms with Crippen LogP contribution in [0.15, 0.2) is 30.3 Å². The Morgan fingerprint density at radius 1 is 1.33 bits per heavy atom. The molecule has 18 heavy (non-hydrogen) atoms. The fourth-order valence-corrected chi connectivity index (χ4v) is 2.09. The highest BCUT2D eigenvalue weighted by molar-refractivity contribution is 6.30. The predicted molar refractivity (Wildman–Crippen MR) is 67.5 cm³/mol. The normalized spacial score (nSPS) is 14.7.